The van der Waals surface area contributed by atoms with Crippen LogP contribution in [0.4, 0.5) is 0 Å². The van der Waals surface area contributed by atoms with Crippen LogP contribution in [0.1, 0.15) is 51.7 Å². The Balaban J connectivity index is 2.24. The number of hydrogen-bond donors (Lipinski definition) is 1. The minimum Gasteiger partial charge on any atom is -0.483 e. The van der Waals surface area contributed by atoms with E-state index >= 15 is 0 Å². The summed E-state index contributed by atoms with van der Waals surface area (Å²) in [5.41, 5.74) is 1.74. The number of benzene rings is 2. The molecular weight excluding hydrogens is 515 g/mol. The number of nitrogens with one attached hydrogen (secondary N) is 1. The fourth-order valence-electron chi connectivity index (χ4n) is 3.06. The summed E-state index contributed by atoms with van der Waals surface area (Å²) in [6, 6.07) is 10.1. The van der Waals surface area contributed by atoms with Crippen molar-refractivity contribution in [2.75, 3.05) is 6.61 Å². The molecule has 2 amide bonds. The van der Waals surface area contributed by atoms with Gasteiger partial charge in [0.15, 0.2) is 6.61 Å². The molecule has 0 aliphatic heterocycles. The van der Waals surface area contributed by atoms with Crippen molar-refractivity contribution in [3.05, 3.63) is 62.0 Å². The standard InChI is InChI=1S/C24H29BrCl2N2O3/c1-14(2)17-9-10-22(19(25)11-17)32-13-23(30)29(16(5)24(31)28-15(3)4)12-18-20(26)7-6-8-21(18)27/h6-11,14-16H,12-13H2,1-5H3,(H,28,31). The third kappa shape index (κ3) is 7.12. The molecule has 1 N–H and O–H groups in total. The molecule has 0 spiro atoms. The van der Waals surface area contributed by atoms with Crippen LogP contribution in [0.15, 0.2) is 40.9 Å². The summed E-state index contributed by atoms with van der Waals surface area (Å²) in [6.07, 6.45) is 0. The number of halogens is 3. The first-order chi connectivity index (χ1) is 15.0. The van der Waals surface area contributed by atoms with E-state index in [-0.39, 0.29) is 31.0 Å². The first kappa shape index (κ1) is 26.5. The molecular formula is C24H29BrCl2N2O3. The van der Waals surface area contributed by atoms with Crippen LogP contribution < -0.4 is 10.1 Å². The Labute approximate surface area is 208 Å². The fraction of sp³-hybridized carbons (Fsp3) is 0.417. The molecule has 0 fully saturated rings. The van der Waals surface area contributed by atoms with E-state index in [9.17, 15) is 9.59 Å². The van der Waals surface area contributed by atoms with Crippen LogP contribution in [0.25, 0.3) is 0 Å². The molecule has 0 bridgehead atoms. The fourth-order valence-corrected chi connectivity index (χ4v) is 4.09. The van der Waals surface area contributed by atoms with Crippen LogP contribution in [0.5, 0.6) is 5.75 Å². The van der Waals surface area contributed by atoms with Gasteiger partial charge in [0.05, 0.1) is 4.47 Å². The zero-order valence-corrected chi connectivity index (χ0v) is 22.0. The lowest BCUT2D eigenvalue weighted by Crippen LogP contribution is -2.50. The molecule has 0 saturated carbocycles. The first-order valence-electron chi connectivity index (χ1n) is 10.5. The highest BCUT2D eigenvalue weighted by molar-refractivity contribution is 9.10. The third-order valence-corrected chi connectivity index (χ3v) is 6.29. The molecule has 8 heteroatoms. The van der Waals surface area contributed by atoms with E-state index in [2.05, 4.69) is 35.1 Å². The summed E-state index contributed by atoms with van der Waals surface area (Å²) in [5.74, 6) is 0.308. The van der Waals surface area contributed by atoms with Crippen molar-refractivity contribution >= 4 is 50.9 Å². The second-order valence-corrected chi connectivity index (χ2v) is 9.86. The molecule has 0 saturated heterocycles. The van der Waals surface area contributed by atoms with Gasteiger partial charge < -0.3 is 15.0 Å². The van der Waals surface area contributed by atoms with Gasteiger partial charge in [0, 0.05) is 28.2 Å². The quantitative estimate of drug-likeness (QED) is 0.409. The first-order valence-corrected chi connectivity index (χ1v) is 12.0. The van der Waals surface area contributed by atoms with Crippen LogP contribution in [0, 0.1) is 0 Å². The lowest BCUT2D eigenvalue weighted by atomic mass is 10.0. The molecule has 5 nitrogen and oxygen atoms in total. The Morgan fingerprint density at radius 2 is 1.69 bits per heavy atom. The van der Waals surface area contributed by atoms with Gasteiger partial charge in [-0.1, -0.05) is 49.2 Å². The van der Waals surface area contributed by atoms with E-state index < -0.39 is 6.04 Å². The van der Waals surface area contributed by atoms with Crippen LogP contribution in [-0.4, -0.2) is 35.4 Å². The zero-order valence-electron chi connectivity index (χ0n) is 18.9. The van der Waals surface area contributed by atoms with E-state index in [0.717, 1.165) is 10.0 Å². The Bertz CT molecular complexity index is 946. The number of nitrogens with zero attached hydrogens (tertiary/aromatic N) is 1. The molecule has 32 heavy (non-hydrogen) atoms. The van der Waals surface area contributed by atoms with Gasteiger partial charge in [0.2, 0.25) is 5.91 Å². The van der Waals surface area contributed by atoms with E-state index in [0.29, 0.717) is 27.3 Å². The van der Waals surface area contributed by atoms with E-state index in [1.54, 1.807) is 25.1 Å². The molecule has 0 heterocycles. The molecule has 0 aliphatic carbocycles. The largest absolute Gasteiger partial charge is 0.483 e. The van der Waals surface area contributed by atoms with Gasteiger partial charge in [-0.25, -0.2) is 0 Å². The highest BCUT2D eigenvalue weighted by Crippen LogP contribution is 2.30. The monoisotopic (exact) mass is 542 g/mol. The lowest BCUT2D eigenvalue weighted by Gasteiger charge is -2.30. The zero-order chi connectivity index (χ0) is 24.0. The van der Waals surface area contributed by atoms with Gasteiger partial charge >= 0.3 is 0 Å². The van der Waals surface area contributed by atoms with Gasteiger partial charge in [0.25, 0.3) is 5.91 Å². The van der Waals surface area contributed by atoms with Crippen molar-refractivity contribution < 1.29 is 14.3 Å². The van der Waals surface area contributed by atoms with Crippen molar-refractivity contribution in [3.63, 3.8) is 0 Å². The molecule has 2 aromatic carbocycles. The summed E-state index contributed by atoms with van der Waals surface area (Å²) in [7, 11) is 0. The predicted octanol–water partition coefficient (Wildman–Crippen LogP) is 6.20. The highest BCUT2D eigenvalue weighted by Gasteiger charge is 2.28. The summed E-state index contributed by atoms with van der Waals surface area (Å²) in [6.45, 7) is 9.46. The summed E-state index contributed by atoms with van der Waals surface area (Å²) in [4.78, 5) is 27.3. The Kier molecular flexibility index (Phi) is 9.86. The van der Waals surface area contributed by atoms with Crippen LogP contribution in [0.2, 0.25) is 10.0 Å². The van der Waals surface area contributed by atoms with Crippen molar-refractivity contribution in [2.45, 2.75) is 59.2 Å². The number of rotatable bonds is 9. The topological polar surface area (TPSA) is 58.6 Å². The molecule has 2 rings (SSSR count). The average Bonchev–Trinajstić information content (AvgIpc) is 2.71. The van der Waals surface area contributed by atoms with E-state index in [4.69, 9.17) is 27.9 Å². The van der Waals surface area contributed by atoms with E-state index in [1.165, 1.54) is 4.90 Å². The SMILES string of the molecule is CC(C)NC(=O)C(C)N(Cc1c(Cl)cccc1Cl)C(=O)COc1ccc(C(C)C)cc1Br. The number of ether oxygens (including phenoxy) is 1. The Morgan fingerprint density at radius 1 is 1.06 bits per heavy atom. The maximum atomic E-state index is 13.2. The molecule has 0 radical (unpaired) electrons. The van der Waals surface area contributed by atoms with Crippen LogP contribution in [0.3, 0.4) is 0 Å². The molecule has 1 atom stereocenters. The van der Waals surface area contributed by atoms with Crippen molar-refractivity contribution in [2.24, 2.45) is 0 Å². The summed E-state index contributed by atoms with van der Waals surface area (Å²) in [5, 5.41) is 3.71. The van der Waals surface area contributed by atoms with Gasteiger partial charge in [-0.3, -0.25) is 9.59 Å². The summed E-state index contributed by atoms with van der Waals surface area (Å²) < 4.78 is 6.55. The molecule has 2 aromatic rings. The molecule has 0 aliphatic rings. The molecule has 174 valence electrons. The van der Waals surface area contributed by atoms with Gasteiger partial charge in [-0.15, -0.1) is 0 Å². The van der Waals surface area contributed by atoms with Crippen molar-refractivity contribution in [1.82, 2.24) is 10.2 Å². The van der Waals surface area contributed by atoms with Crippen molar-refractivity contribution in [3.8, 4) is 5.75 Å². The van der Waals surface area contributed by atoms with Crippen molar-refractivity contribution in [1.29, 1.82) is 0 Å². The Hall–Kier alpha value is -1.76. The lowest BCUT2D eigenvalue weighted by molar-refractivity contribution is -0.142. The third-order valence-electron chi connectivity index (χ3n) is 4.96. The van der Waals surface area contributed by atoms with Gasteiger partial charge in [-0.2, -0.15) is 0 Å². The number of hydrogen-bond acceptors (Lipinski definition) is 3. The van der Waals surface area contributed by atoms with E-state index in [1.807, 2.05) is 32.0 Å². The minimum absolute atomic E-state index is 0.0579. The smallest absolute Gasteiger partial charge is 0.261 e. The Morgan fingerprint density at radius 3 is 2.22 bits per heavy atom. The second kappa shape index (κ2) is 11.9. The van der Waals surface area contributed by atoms with Gasteiger partial charge in [0.1, 0.15) is 11.8 Å². The van der Waals surface area contributed by atoms with Crippen LogP contribution >= 0.6 is 39.1 Å². The predicted molar refractivity (Wildman–Crippen MR) is 133 cm³/mol. The average molecular weight is 544 g/mol. The minimum atomic E-state index is -0.743. The maximum Gasteiger partial charge on any atom is 0.261 e. The molecule has 1 unspecified atom stereocenters. The highest BCUT2D eigenvalue weighted by atomic mass is 79.9. The summed E-state index contributed by atoms with van der Waals surface area (Å²) >= 11 is 16.1. The normalized spacial score (nSPS) is 12.1. The number of amides is 2. The van der Waals surface area contributed by atoms with Crippen LogP contribution in [-0.2, 0) is 16.1 Å². The maximum absolute atomic E-state index is 13.2. The number of carbonyl (C=O) groups excluding carboxylic acids is 2. The second-order valence-electron chi connectivity index (χ2n) is 8.19. The number of carbonyl (C=O) groups is 2. The van der Waals surface area contributed by atoms with Gasteiger partial charge in [-0.05, 0) is 72.4 Å². The molecule has 0 aromatic heterocycles.